The molecule has 2 aliphatic rings. The van der Waals surface area contributed by atoms with Crippen molar-refractivity contribution in [1.29, 1.82) is 5.26 Å². The van der Waals surface area contributed by atoms with Crippen LogP contribution in [0.3, 0.4) is 0 Å². The average molecular weight is 470 g/mol. The number of carboxylic acid groups (broad SMARTS) is 1. The third-order valence-electron chi connectivity index (χ3n) is 6.42. The quantitative estimate of drug-likeness (QED) is 0.604. The van der Waals surface area contributed by atoms with Crippen LogP contribution in [0.25, 0.3) is 0 Å². The topological polar surface area (TPSA) is 83.2 Å². The van der Waals surface area contributed by atoms with Crippen molar-refractivity contribution in [3.05, 3.63) is 89.7 Å². The molecule has 2 heterocycles. The number of hydrogen-bond donors (Lipinski definition) is 1. The van der Waals surface area contributed by atoms with Gasteiger partial charge in [0.1, 0.15) is 5.82 Å². The maximum absolute atomic E-state index is 13.4. The van der Waals surface area contributed by atoms with E-state index in [2.05, 4.69) is 15.9 Å². The van der Waals surface area contributed by atoms with E-state index in [1.165, 1.54) is 12.1 Å². The molecule has 0 aromatic heterocycles. The predicted molar refractivity (Wildman–Crippen MR) is 132 cm³/mol. The van der Waals surface area contributed by atoms with E-state index in [0.29, 0.717) is 37.7 Å². The molecule has 1 unspecified atom stereocenters. The van der Waals surface area contributed by atoms with E-state index in [0.717, 1.165) is 22.6 Å². The Hall–Kier alpha value is -4.38. The van der Waals surface area contributed by atoms with E-state index < -0.39 is 12.0 Å². The molecule has 7 nitrogen and oxygen atoms in total. The molecule has 1 saturated heterocycles. The lowest BCUT2D eigenvalue weighted by molar-refractivity contribution is -0.137. The smallest absolute Gasteiger partial charge is 0.305 e. The van der Waals surface area contributed by atoms with Crippen LogP contribution < -0.4 is 9.80 Å². The highest BCUT2D eigenvalue weighted by molar-refractivity contribution is 6.01. The molecule has 0 spiro atoms. The first-order valence-electron chi connectivity index (χ1n) is 11.5. The Morgan fingerprint density at radius 1 is 0.971 bits per heavy atom. The van der Waals surface area contributed by atoms with Crippen LogP contribution in [-0.4, -0.2) is 48.1 Å². The number of aliphatic carboxylic acids is 1. The Labute approximate surface area is 203 Å². The highest BCUT2D eigenvalue weighted by Gasteiger charge is 2.36. The maximum atomic E-state index is 13.4. The average Bonchev–Trinajstić information content (AvgIpc) is 2.89. The number of rotatable bonds is 4. The molecule has 1 N–H and O–H groups in total. The Morgan fingerprint density at radius 3 is 2.40 bits per heavy atom. The molecule has 8 heteroatoms. The van der Waals surface area contributed by atoms with Gasteiger partial charge < -0.3 is 19.8 Å². The number of carbonyl (C=O) groups is 1. The van der Waals surface area contributed by atoms with E-state index in [1.54, 1.807) is 30.3 Å². The molecular formula is C27H24FN5O2. The molecular weight excluding hydrogens is 445 g/mol. The van der Waals surface area contributed by atoms with Crippen molar-refractivity contribution in [3.8, 4) is 6.07 Å². The molecule has 5 rings (SSSR count). The predicted octanol–water partition coefficient (Wildman–Crippen LogP) is 4.54. The van der Waals surface area contributed by atoms with Crippen LogP contribution in [0, 0.1) is 17.1 Å². The number of halogens is 1. The zero-order valence-corrected chi connectivity index (χ0v) is 19.0. The van der Waals surface area contributed by atoms with Gasteiger partial charge in [-0.1, -0.05) is 24.3 Å². The molecule has 1 atom stereocenters. The second-order valence-corrected chi connectivity index (χ2v) is 8.57. The van der Waals surface area contributed by atoms with Gasteiger partial charge in [0.15, 0.2) is 0 Å². The van der Waals surface area contributed by atoms with Crippen LogP contribution in [0.2, 0.25) is 0 Å². The lowest BCUT2D eigenvalue weighted by atomic mass is 9.97. The summed E-state index contributed by atoms with van der Waals surface area (Å²) < 4.78 is 13.4. The number of aliphatic imine (C=N–C) groups is 1. The van der Waals surface area contributed by atoms with Gasteiger partial charge in [-0.3, -0.25) is 4.79 Å². The van der Waals surface area contributed by atoms with Crippen molar-refractivity contribution in [2.24, 2.45) is 4.99 Å². The molecule has 3 aromatic carbocycles. The van der Waals surface area contributed by atoms with Crippen molar-refractivity contribution >= 4 is 29.0 Å². The first kappa shape index (κ1) is 22.4. The van der Waals surface area contributed by atoms with Crippen LogP contribution in [-0.2, 0) is 4.79 Å². The Kier molecular flexibility index (Phi) is 6.06. The van der Waals surface area contributed by atoms with Crippen LogP contribution in [0.1, 0.15) is 23.6 Å². The molecule has 0 saturated carbocycles. The first-order chi connectivity index (χ1) is 17.0. The van der Waals surface area contributed by atoms with Crippen molar-refractivity contribution in [2.75, 3.05) is 36.0 Å². The van der Waals surface area contributed by atoms with Crippen molar-refractivity contribution < 1.29 is 14.3 Å². The molecule has 0 aliphatic carbocycles. The van der Waals surface area contributed by atoms with Gasteiger partial charge in [0.05, 0.1) is 29.8 Å². The molecule has 3 aromatic rings. The summed E-state index contributed by atoms with van der Waals surface area (Å²) in [5, 5.41) is 19.2. The summed E-state index contributed by atoms with van der Waals surface area (Å²) in [6.07, 6.45) is -0.109. The van der Waals surface area contributed by atoms with Gasteiger partial charge in [-0.2, -0.15) is 5.26 Å². The maximum Gasteiger partial charge on any atom is 0.305 e. The highest BCUT2D eigenvalue weighted by Crippen LogP contribution is 2.40. The van der Waals surface area contributed by atoms with Crippen LogP contribution in [0.4, 0.5) is 21.5 Å². The summed E-state index contributed by atoms with van der Waals surface area (Å²) in [6.45, 7) is 2.74. The number of carboxylic acids is 1. The van der Waals surface area contributed by atoms with E-state index >= 15 is 0 Å². The number of piperazine rings is 1. The van der Waals surface area contributed by atoms with Gasteiger partial charge in [-0.05, 0) is 48.5 Å². The normalized spacial score (nSPS) is 17.4. The summed E-state index contributed by atoms with van der Waals surface area (Å²) in [5.74, 6) is -0.500. The number of nitriles is 1. The Bertz CT molecular complexity index is 1310. The minimum absolute atomic E-state index is 0.109. The molecule has 1 fully saturated rings. The fourth-order valence-corrected chi connectivity index (χ4v) is 4.74. The highest BCUT2D eigenvalue weighted by atomic mass is 19.1. The lowest BCUT2D eigenvalue weighted by Crippen LogP contribution is -2.55. The van der Waals surface area contributed by atoms with Gasteiger partial charge in [0.2, 0.25) is 5.96 Å². The summed E-state index contributed by atoms with van der Waals surface area (Å²) in [4.78, 5) is 23.2. The number of anilines is 2. The third-order valence-corrected chi connectivity index (χ3v) is 6.42. The third kappa shape index (κ3) is 4.53. The zero-order valence-electron chi connectivity index (χ0n) is 19.0. The molecule has 35 heavy (non-hydrogen) atoms. The van der Waals surface area contributed by atoms with E-state index in [9.17, 15) is 19.6 Å². The lowest BCUT2D eigenvalue weighted by Gasteiger charge is -2.45. The van der Waals surface area contributed by atoms with E-state index in [1.807, 2.05) is 35.2 Å². The summed E-state index contributed by atoms with van der Waals surface area (Å²) in [5.41, 5.74) is 3.78. The van der Waals surface area contributed by atoms with Gasteiger partial charge in [-0.15, -0.1) is 0 Å². The van der Waals surface area contributed by atoms with Gasteiger partial charge in [0.25, 0.3) is 0 Å². The monoisotopic (exact) mass is 469 g/mol. The fourth-order valence-electron chi connectivity index (χ4n) is 4.74. The second kappa shape index (κ2) is 9.47. The minimum Gasteiger partial charge on any atom is -0.481 e. The number of nitrogens with zero attached hydrogens (tertiary/aromatic N) is 5. The number of hydrogen-bond acceptors (Lipinski definition) is 6. The minimum atomic E-state index is -0.909. The molecule has 2 aliphatic heterocycles. The molecule has 0 bridgehead atoms. The van der Waals surface area contributed by atoms with E-state index in [4.69, 9.17) is 4.99 Å². The summed E-state index contributed by atoms with van der Waals surface area (Å²) in [6, 6.07) is 23.0. The van der Waals surface area contributed by atoms with Crippen LogP contribution in [0.15, 0.2) is 77.8 Å². The number of fused-ring (bicyclic) bond motifs is 1. The van der Waals surface area contributed by atoms with Crippen LogP contribution in [0.5, 0.6) is 0 Å². The fraction of sp³-hybridized carbons (Fsp3) is 0.222. The van der Waals surface area contributed by atoms with Crippen LogP contribution >= 0.6 is 0 Å². The number of para-hydroxylation sites is 1. The molecule has 176 valence electrons. The Balaban J connectivity index is 1.52. The number of guanidine groups is 1. The van der Waals surface area contributed by atoms with Crippen molar-refractivity contribution in [2.45, 2.75) is 12.5 Å². The standard InChI is InChI=1S/C27H24FN5O2/c28-20-8-10-21(11-9-20)31-12-14-32(15-13-31)27-30-24-7-2-1-6-23(24)25(17-26(34)35)33(27)22-5-3-4-19(16-22)18-29/h1-11,16,25H,12-15,17H2,(H,34,35). The van der Waals surface area contributed by atoms with Gasteiger partial charge in [0, 0.05) is 43.1 Å². The zero-order chi connectivity index (χ0) is 24.4. The van der Waals surface area contributed by atoms with Gasteiger partial charge >= 0.3 is 5.97 Å². The first-order valence-corrected chi connectivity index (χ1v) is 11.5. The summed E-state index contributed by atoms with van der Waals surface area (Å²) >= 11 is 0. The van der Waals surface area contributed by atoms with Gasteiger partial charge in [-0.25, -0.2) is 9.38 Å². The molecule has 0 radical (unpaired) electrons. The second-order valence-electron chi connectivity index (χ2n) is 8.57. The summed E-state index contributed by atoms with van der Waals surface area (Å²) in [7, 11) is 0. The van der Waals surface area contributed by atoms with Crippen molar-refractivity contribution in [3.63, 3.8) is 0 Å². The van der Waals surface area contributed by atoms with Crippen molar-refractivity contribution in [1.82, 2.24) is 4.90 Å². The molecule has 0 amide bonds. The SMILES string of the molecule is N#Cc1cccc(N2C(N3CCN(c4ccc(F)cc4)CC3)=Nc3ccccc3C2CC(=O)O)c1. The largest absolute Gasteiger partial charge is 0.481 e. The Morgan fingerprint density at radius 2 is 1.69 bits per heavy atom. The van der Waals surface area contributed by atoms with E-state index in [-0.39, 0.29) is 12.2 Å². The number of benzene rings is 3.